The molecular weight excluding hydrogens is 455 g/mol. The Morgan fingerprint density at radius 2 is 2.00 bits per heavy atom. The molecule has 1 aliphatic carbocycles. The number of likely N-dealkylation sites (tertiary alicyclic amines) is 1. The molecule has 1 N–H and O–H groups in total. The highest BCUT2D eigenvalue weighted by Gasteiger charge is 2.53. The van der Waals surface area contributed by atoms with E-state index in [2.05, 4.69) is 15.3 Å². The van der Waals surface area contributed by atoms with E-state index < -0.39 is 0 Å². The summed E-state index contributed by atoms with van der Waals surface area (Å²) in [6.45, 7) is 3.36. The Balaban J connectivity index is 1.25. The molecule has 2 aromatic carbocycles. The highest BCUT2D eigenvalue weighted by molar-refractivity contribution is 7.22. The van der Waals surface area contributed by atoms with Crippen molar-refractivity contribution in [3.63, 3.8) is 0 Å². The molecule has 1 saturated heterocycles. The molecule has 6 rings (SSSR count). The number of benzene rings is 2. The van der Waals surface area contributed by atoms with Gasteiger partial charge in [-0.15, -0.1) is 11.3 Å². The van der Waals surface area contributed by atoms with Crippen molar-refractivity contribution in [3.05, 3.63) is 65.0 Å². The first kappa shape index (κ1) is 20.7. The number of amides is 1. The van der Waals surface area contributed by atoms with Crippen LogP contribution >= 0.6 is 22.7 Å². The number of thiazole rings is 2. The third kappa shape index (κ3) is 3.91. The van der Waals surface area contributed by atoms with E-state index in [-0.39, 0.29) is 23.2 Å². The fraction of sp³-hybridized carbons (Fsp3) is 0.320. The second-order valence-corrected chi connectivity index (χ2v) is 11.3. The van der Waals surface area contributed by atoms with Crippen LogP contribution in [0.1, 0.15) is 34.8 Å². The summed E-state index contributed by atoms with van der Waals surface area (Å²) in [6, 6.07) is 14.7. The molecular formula is C25H23FN4OS2. The highest BCUT2D eigenvalue weighted by Crippen LogP contribution is 2.55. The van der Waals surface area contributed by atoms with Crippen LogP contribution in [0.5, 0.6) is 0 Å². The molecule has 33 heavy (non-hydrogen) atoms. The van der Waals surface area contributed by atoms with Gasteiger partial charge in [-0.1, -0.05) is 41.7 Å². The van der Waals surface area contributed by atoms with Gasteiger partial charge in [0.05, 0.1) is 20.1 Å². The lowest BCUT2D eigenvalue weighted by Gasteiger charge is -2.24. The van der Waals surface area contributed by atoms with Gasteiger partial charge in [0.1, 0.15) is 11.5 Å². The number of rotatable bonds is 5. The first-order valence-electron chi connectivity index (χ1n) is 11.1. The molecule has 0 bridgehead atoms. The summed E-state index contributed by atoms with van der Waals surface area (Å²) in [4.78, 5) is 25.9. The molecule has 1 aliphatic heterocycles. The lowest BCUT2D eigenvalue weighted by molar-refractivity contribution is 0.0733. The number of anilines is 1. The Hall–Kier alpha value is -2.84. The third-order valence-corrected chi connectivity index (χ3v) is 8.64. The topological polar surface area (TPSA) is 58.1 Å². The van der Waals surface area contributed by atoms with E-state index in [0.717, 1.165) is 43.8 Å². The fourth-order valence-corrected chi connectivity index (χ4v) is 6.61. The van der Waals surface area contributed by atoms with Crippen molar-refractivity contribution in [2.24, 2.45) is 5.41 Å². The van der Waals surface area contributed by atoms with E-state index >= 15 is 0 Å². The first-order chi connectivity index (χ1) is 16.0. The van der Waals surface area contributed by atoms with E-state index in [0.29, 0.717) is 12.2 Å². The average Bonchev–Trinajstić information content (AvgIpc) is 3.12. The van der Waals surface area contributed by atoms with E-state index in [9.17, 15) is 9.18 Å². The van der Waals surface area contributed by atoms with Gasteiger partial charge in [0.25, 0.3) is 5.91 Å². The largest absolute Gasteiger partial charge is 0.359 e. The second kappa shape index (κ2) is 7.88. The van der Waals surface area contributed by atoms with E-state index in [1.807, 2.05) is 42.2 Å². The fourth-order valence-electron chi connectivity index (χ4n) is 4.80. The van der Waals surface area contributed by atoms with Crippen LogP contribution in [0.2, 0.25) is 0 Å². The number of carbonyl (C=O) groups is 1. The Labute approximate surface area is 199 Å². The van der Waals surface area contributed by atoms with Crippen LogP contribution in [0.15, 0.2) is 48.5 Å². The second-order valence-electron chi connectivity index (χ2n) is 9.08. The van der Waals surface area contributed by atoms with Crippen LogP contribution in [0.3, 0.4) is 0 Å². The molecule has 1 saturated carbocycles. The zero-order valence-electron chi connectivity index (χ0n) is 18.2. The molecule has 2 aliphatic rings. The number of nitrogens with zero attached hydrogens (tertiary/aromatic N) is 3. The van der Waals surface area contributed by atoms with Crippen molar-refractivity contribution < 1.29 is 9.18 Å². The molecule has 2 aromatic heterocycles. The number of carbonyl (C=O) groups excluding carboxylic acids is 1. The highest BCUT2D eigenvalue weighted by atomic mass is 32.1. The molecule has 0 radical (unpaired) electrons. The summed E-state index contributed by atoms with van der Waals surface area (Å²) in [7, 11) is 0. The molecule has 168 valence electrons. The molecule has 3 heterocycles. The zero-order valence-corrected chi connectivity index (χ0v) is 19.8. The predicted molar refractivity (Wildman–Crippen MR) is 131 cm³/mol. The van der Waals surface area contributed by atoms with Gasteiger partial charge in [-0.2, -0.15) is 0 Å². The van der Waals surface area contributed by atoms with Gasteiger partial charge in [0.15, 0.2) is 5.13 Å². The Morgan fingerprint density at radius 1 is 1.18 bits per heavy atom. The maximum absolute atomic E-state index is 13.8. The lowest BCUT2D eigenvalue weighted by Crippen LogP contribution is -2.40. The van der Waals surface area contributed by atoms with Crippen LogP contribution in [-0.4, -0.2) is 39.9 Å². The summed E-state index contributed by atoms with van der Waals surface area (Å²) < 4.78 is 14.4. The van der Waals surface area contributed by atoms with E-state index in [1.54, 1.807) is 17.4 Å². The SMILES string of the molecule is Cc1nc(C(=O)N2CC3(CC3)C[C@H]2CNc2nc3ccc(F)cc3s2)c(-c2ccccc2)s1. The van der Waals surface area contributed by atoms with Crippen LogP contribution in [0, 0.1) is 18.2 Å². The molecule has 4 aromatic rings. The maximum atomic E-state index is 13.8. The molecule has 8 heteroatoms. The minimum absolute atomic E-state index is 0.0140. The monoisotopic (exact) mass is 478 g/mol. The normalized spacial score (nSPS) is 18.8. The number of hydrogen-bond donors (Lipinski definition) is 1. The Kier molecular flexibility index (Phi) is 4.96. The summed E-state index contributed by atoms with van der Waals surface area (Å²) in [5.41, 5.74) is 2.63. The minimum Gasteiger partial charge on any atom is -0.359 e. The van der Waals surface area contributed by atoms with Crippen molar-refractivity contribution in [2.75, 3.05) is 18.4 Å². The van der Waals surface area contributed by atoms with Gasteiger partial charge in [-0.05, 0) is 55.4 Å². The summed E-state index contributed by atoms with van der Waals surface area (Å²) in [5, 5.41) is 5.08. The van der Waals surface area contributed by atoms with Crippen LogP contribution in [-0.2, 0) is 0 Å². The predicted octanol–water partition coefficient (Wildman–Crippen LogP) is 5.97. The van der Waals surface area contributed by atoms with Crippen molar-refractivity contribution >= 4 is 43.9 Å². The number of halogens is 1. The van der Waals surface area contributed by atoms with Crippen molar-refractivity contribution in [2.45, 2.75) is 32.2 Å². The van der Waals surface area contributed by atoms with Gasteiger partial charge in [0, 0.05) is 19.1 Å². The minimum atomic E-state index is -0.256. The summed E-state index contributed by atoms with van der Waals surface area (Å²) >= 11 is 3.01. The number of nitrogens with one attached hydrogen (secondary N) is 1. The average molecular weight is 479 g/mol. The molecule has 1 atom stereocenters. The quantitative estimate of drug-likeness (QED) is 0.384. The third-order valence-electron chi connectivity index (χ3n) is 6.65. The number of fused-ring (bicyclic) bond motifs is 1. The van der Waals surface area contributed by atoms with E-state index in [1.165, 1.54) is 36.3 Å². The van der Waals surface area contributed by atoms with E-state index in [4.69, 9.17) is 0 Å². The Bertz CT molecular complexity index is 1350. The van der Waals surface area contributed by atoms with Crippen molar-refractivity contribution in [3.8, 4) is 10.4 Å². The molecule has 5 nitrogen and oxygen atoms in total. The number of aromatic nitrogens is 2. The van der Waals surface area contributed by atoms with Gasteiger partial charge in [-0.25, -0.2) is 14.4 Å². The van der Waals surface area contributed by atoms with Gasteiger partial charge in [-0.3, -0.25) is 4.79 Å². The van der Waals surface area contributed by atoms with Crippen molar-refractivity contribution in [1.29, 1.82) is 0 Å². The smallest absolute Gasteiger partial charge is 0.274 e. The van der Waals surface area contributed by atoms with Crippen LogP contribution in [0.25, 0.3) is 20.7 Å². The van der Waals surface area contributed by atoms with Crippen molar-refractivity contribution in [1.82, 2.24) is 14.9 Å². The van der Waals surface area contributed by atoms with Gasteiger partial charge < -0.3 is 10.2 Å². The van der Waals surface area contributed by atoms with Crippen LogP contribution in [0.4, 0.5) is 9.52 Å². The molecule has 1 amide bonds. The number of aryl methyl sites for hydroxylation is 1. The lowest BCUT2D eigenvalue weighted by atomic mass is 10.0. The van der Waals surface area contributed by atoms with Gasteiger partial charge in [0.2, 0.25) is 0 Å². The first-order valence-corrected chi connectivity index (χ1v) is 12.8. The molecule has 1 spiro atoms. The maximum Gasteiger partial charge on any atom is 0.274 e. The number of hydrogen-bond acceptors (Lipinski definition) is 6. The zero-order chi connectivity index (χ0) is 22.6. The standard InChI is InChI=1S/C25H23FN4OS2/c1-15-28-21(22(32-15)16-5-3-2-4-6-16)23(31)30-14-25(9-10-25)12-18(30)13-27-24-29-19-8-7-17(26)11-20(19)33-24/h2-8,11,18H,9-10,12-14H2,1H3,(H,27,29)/t18-/m0/s1. The molecule has 0 unspecified atom stereocenters. The Morgan fingerprint density at radius 3 is 2.79 bits per heavy atom. The summed E-state index contributed by atoms with van der Waals surface area (Å²) in [5.74, 6) is -0.242. The summed E-state index contributed by atoms with van der Waals surface area (Å²) in [6.07, 6.45) is 3.35. The van der Waals surface area contributed by atoms with Crippen LogP contribution < -0.4 is 5.32 Å². The molecule has 2 fully saturated rings. The van der Waals surface area contributed by atoms with Gasteiger partial charge >= 0.3 is 0 Å².